The Kier molecular flexibility index (Phi) is 6.21. The zero-order chi connectivity index (χ0) is 14.8. The Labute approximate surface area is 139 Å². The van der Waals surface area contributed by atoms with Crippen molar-refractivity contribution in [2.45, 2.75) is 59.5 Å². The summed E-state index contributed by atoms with van der Waals surface area (Å²) in [5.74, 6) is 1.33. The second-order valence-electron chi connectivity index (χ2n) is 6.61. The molecular weight excluding hydrogens is 324 g/mol. The van der Waals surface area contributed by atoms with Crippen LogP contribution in [0.1, 0.15) is 51.1 Å². The van der Waals surface area contributed by atoms with Crippen LogP contribution in [-0.4, -0.2) is 4.57 Å². The third-order valence-corrected chi connectivity index (χ3v) is 3.90. The fourth-order valence-electron chi connectivity index (χ4n) is 2.49. The Balaban J connectivity index is 0.00000220. The van der Waals surface area contributed by atoms with Crippen LogP contribution in [0, 0.1) is 6.92 Å². The molecule has 0 amide bonds. The van der Waals surface area contributed by atoms with Crippen molar-refractivity contribution in [2.75, 3.05) is 0 Å². The zero-order valence-corrected chi connectivity index (χ0v) is 15.6. The molecule has 21 heavy (non-hydrogen) atoms. The average molecular weight is 352 g/mol. The van der Waals surface area contributed by atoms with E-state index >= 15 is 0 Å². The van der Waals surface area contributed by atoms with E-state index in [0.29, 0.717) is 0 Å². The van der Waals surface area contributed by atoms with Crippen LogP contribution in [0.3, 0.4) is 0 Å². The van der Waals surface area contributed by atoms with Crippen LogP contribution in [0.2, 0.25) is 0 Å². The molecule has 0 aliphatic rings. The molecule has 2 nitrogen and oxygen atoms in total. The van der Waals surface area contributed by atoms with E-state index in [9.17, 15) is 0 Å². The predicted octanol–water partition coefficient (Wildman–Crippen LogP) is 4.42. The molecule has 0 bridgehead atoms. The maximum absolute atomic E-state index is 2.32. The molecule has 0 radical (unpaired) electrons. The number of benzene rings is 1. The number of aromatic nitrogens is 2. The minimum absolute atomic E-state index is 0. The number of aryl methyl sites for hydroxylation is 1. The van der Waals surface area contributed by atoms with Crippen molar-refractivity contribution >= 4 is 17.0 Å². The van der Waals surface area contributed by atoms with Crippen LogP contribution in [-0.2, 0) is 18.5 Å². The molecule has 1 aromatic heterocycles. The highest BCUT2D eigenvalue weighted by Crippen LogP contribution is 2.22. The second kappa shape index (κ2) is 7.26. The lowest BCUT2D eigenvalue weighted by atomic mass is 9.87. The first-order valence-corrected chi connectivity index (χ1v) is 7.56. The predicted molar refractivity (Wildman–Crippen MR) is 94.2 cm³/mol. The minimum atomic E-state index is 0. The van der Waals surface area contributed by atoms with Gasteiger partial charge in [-0.15, -0.1) is 17.0 Å². The van der Waals surface area contributed by atoms with E-state index in [-0.39, 0.29) is 22.4 Å². The Hall–Kier alpha value is -1.09. The van der Waals surface area contributed by atoms with Crippen LogP contribution < -0.4 is 4.57 Å². The molecule has 2 rings (SSSR count). The highest BCUT2D eigenvalue weighted by atomic mass is 79.9. The monoisotopic (exact) mass is 351 g/mol. The summed E-state index contributed by atoms with van der Waals surface area (Å²) in [6.45, 7) is 13.2. The Morgan fingerprint density at radius 1 is 1.10 bits per heavy atom. The normalized spacial score (nSPS) is 11.3. The number of halogens is 1. The smallest absolute Gasteiger partial charge is 0.234 e. The highest BCUT2D eigenvalue weighted by Gasteiger charge is 2.14. The highest BCUT2D eigenvalue weighted by molar-refractivity contribution is 8.93. The van der Waals surface area contributed by atoms with Gasteiger partial charge in [0.25, 0.3) is 5.82 Å². The van der Waals surface area contributed by atoms with Gasteiger partial charge in [0.1, 0.15) is 18.9 Å². The van der Waals surface area contributed by atoms with Gasteiger partial charge in [0.05, 0.1) is 6.54 Å². The van der Waals surface area contributed by atoms with Crippen molar-refractivity contribution in [3.05, 3.63) is 53.6 Å². The molecule has 0 aliphatic heterocycles. The molecule has 3 heteroatoms. The summed E-state index contributed by atoms with van der Waals surface area (Å²) in [5, 5.41) is 0. The molecule has 0 spiro atoms. The van der Waals surface area contributed by atoms with E-state index in [4.69, 9.17) is 0 Å². The summed E-state index contributed by atoms with van der Waals surface area (Å²) in [7, 11) is 0. The van der Waals surface area contributed by atoms with Gasteiger partial charge in [-0.25, -0.2) is 9.13 Å². The Morgan fingerprint density at radius 2 is 1.71 bits per heavy atom. The first-order chi connectivity index (χ1) is 9.41. The Bertz CT molecular complexity index is 562. The first kappa shape index (κ1) is 18.0. The number of rotatable bonds is 4. The lowest BCUT2D eigenvalue weighted by Gasteiger charge is -2.18. The third-order valence-electron chi connectivity index (χ3n) is 3.90. The van der Waals surface area contributed by atoms with Crippen LogP contribution in [0.5, 0.6) is 0 Å². The van der Waals surface area contributed by atoms with Gasteiger partial charge in [-0.1, -0.05) is 52.0 Å². The number of hydrogen-bond donors (Lipinski definition) is 0. The zero-order valence-electron chi connectivity index (χ0n) is 13.9. The lowest BCUT2D eigenvalue weighted by molar-refractivity contribution is -0.694. The van der Waals surface area contributed by atoms with E-state index in [1.54, 1.807) is 0 Å². The minimum Gasteiger partial charge on any atom is -0.234 e. The molecule has 1 aromatic carbocycles. The van der Waals surface area contributed by atoms with Crippen LogP contribution in [0.15, 0.2) is 36.7 Å². The number of hydrogen-bond acceptors (Lipinski definition) is 0. The molecule has 0 saturated carbocycles. The molecule has 0 saturated heterocycles. The van der Waals surface area contributed by atoms with Crippen molar-refractivity contribution in [1.82, 2.24) is 4.57 Å². The van der Waals surface area contributed by atoms with E-state index in [2.05, 4.69) is 80.4 Å². The molecule has 0 atom stereocenters. The van der Waals surface area contributed by atoms with Crippen molar-refractivity contribution in [3.63, 3.8) is 0 Å². The summed E-state index contributed by atoms with van der Waals surface area (Å²) < 4.78 is 4.64. The lowest BCUT2D eigenvalue weighted by Crippen LogP contribution is -2.36. The van der Waals surface area contributed by atoms with Crippen molar-refractivity contribution in [1.29, 1.82) is 0 Å². The molecule has 1 heterocycles. The molecule has 0 N–H and O–H groups in total. The fraction of sp³-hybridized carbons (Fsp3) is 0.500. The maximum atomic E-state index is 2.32. The maximum Gasteiger partial charge on any atom is 0.253 e. The van der Waals surface area contributed by atoms with E-state index in [1.165, 1.54) is 23.4 Å². The third kappa shape index (κ3) is 4.44. The van der Waals surface area contributed by atoms with Gasteiger partial charge in [-0.3, -0.25) is 0 Å². The Morgan fingerprint density at radius 3 is 2.24 bits per heavy atom. The molecule has 116 valence electrons. The number of nitrogens with zero attached hydrogens (tertiary/aromatic N) is 2. The van der Waals surface area contributed by atoms with Crippen molar-refractivity contribution < 1.29 is 4.57 Å². The summed E-state index contributed by atoms with van der Waals surface area (Å²) in [6.07, 6.45) is 5.54. The summed E-state index contributed by atoms with van der Waals surface area (Å²) in [5.41, 5.74) is 2.98. The summed E-state index contributed by atoms with van der Waals surface area (Å²) in [6, 6.07) is 9.02. The van der Waals surface area contributed by atoms with Gasteiger partial charge in [0.15, 0.2) is 0 Å². The quantitative estimate of drug-likeness (QED) is 0.721. The van der Waals surface area contributed by atoms with Crippen molar-refractivity contribution in [3.8, 4) is 0 Å². The van der Waals surface area contributed by atoms with Crippen LogP contribution >= 0.6 is 17.0 Å². The largest absolute Gasteiger partial charge is 0.253 e. The van der Waals surface area contributed by atoms with Gasteiger partial charge in [0.2, 0.25) is 0 Å². The molecule has 2 aromatic rings. The van der Waals surface area contributed by atoms with Crippen molar-refractivity contribution in [2.24, 2.45) is 0 Å². The van der Waals surface area contributed by atoms with Gasteiger partial charge in [0, 0.05) is 6.92 Å². The van der Waals surface area contributed by atoms with Gasteiger partial charge < -0.3 is 0 Å². The standard InChI is InChI=1S/C18H27N2.BrH/c1-6-11-19-12-13-20(15(19)2)14-16-7-9-17(10-8-16)18(3,4)5;/h7-10,12-13H,6,11,14H2,1-5H3;1H/q+1;. The molecule has 0 fully saturated rings. The first-order valence-electron chi connectivity index (χ1n) is 7.56. The molecule has 0 aliphatic carbocycles. The SMILES string of the molecule is Br.CCCn1cc[n+](Cc2ccc(C(C)(C)C)cc2)c1C. The summed E-state index contributed by atoms with van der Waals surface area (Å²) >= 11 is 0. The van der Waals surface area contributed by atoms with Gasteiger partial charge >= 0.3 is 0 Å². The van der Waals surface area contributed by atoms with E-state index < -0.39 is 0 Å². The summed E-state index contributed by atoms with van der Waals surface area (Å²) in [4.78, 5) is 0. The van der Waals surface area contributed by atoms with Gasteiger partial charge in [-0.2, -0.15) is 0 Å². The topological polar surface area (TPSA) is 8.81 Å². The molecule has 0 unspecified atom stereocenters. The number of imidazole rings is 1. The van der Waals surface area contributed by atoms with Crippen LogP contribution in [0.4, 0.5) is 0 Å². The van der Waals surface area contributed by atoms with E-state index in [1.807, 2.05) is 0 Å². The molecular formula is C18H28BrN2+. The fourth-order valence-corrected chi connectivity index (χ4v) is 2.49. The average Bonchev–Trinajstić information content (AvgIpc) is 2.72. The van der Waals surface area contributed by atoms with Crippen LogP contribution in [0.25, 0.3) is 0 Å². The van der Waals surface area contributed by atoms with Gasteiger partial charge in [-0.05, 0) is 23.0 Å². The second-order valence-corrected chi connectivity index (χ2v) is 6.61. The van der Waals surface area contributed by atoms with E-state index in [0.717, 1.165) is 13.1 Å².